The Morgan fingerprint density at radius 3 is 2.70 bits per heavy atom. The second kappa shape index (κ2) is 7.33. The van der Waals surface area contributed by atoms with Gasteiger partial charge in [0.15, 0.2) is 0 Å². The molecular weight excluding hydrogens is 346 g/mol. The number of unbranched alkanes of at least 4 members (excludes halogenated alkanes) is 2. The van der Waals surface area contributed by atoms with E-state index in [9.17, 15) is 14.4 Å². The average Bonchev–Trinajstić information content (AvgIpc) is 3.28. The molecule has 6 heteroatoms. The van der Waals surface area contributed by atoms with Gasteiger partial charge in [-0.15, -0.1) is 0 Å². The minimum atomic E-state index is -0.350. The molecule has 27 heavy (non-hydrogen) atoms. The van der Waals surface area contributed by atoms with E-state index in [1.165, 1.54) is 0 Å². The molecule has 1 heterocycles. The number of amides is 1. The number of hydrogen-bond acceptors (Lipinski definition) is 5. The minimum Gasteiger partial charge on any atom is -0.462 e. The van der Waals surface area contributed by atoms with E-state index in [2.05, 4.69) is 12.2 Å². The van der Waals surface area contributed by atoms with Crippen LogP contribution in [0.25, 0.3) is 0 Å². The highest BCUT2D eigenvalue weighted by Crippen LogP contribution is 2.57. The Morgan fingerprint density at radius 1 is 1.19 bits per heavy atom. The maximum absolute atomic E-state index is 12.7. The van der Waals surface area contributed by atoms with Crippen molar-refractivity contribution in [3.63, 3.8) is 0 Å². The highest BCUT2D eigenvalue weighted by Gasteiger charge is 2.63. The molecular formula is C21H25NO5. The maximum Gasteiger partial charge on any atom is 0.338 e. The Bertz CT molecular complexity index is 741. The Morgan fingerprint density at radius 2 is 1.96 bits per heavy atom. The summed E-state index contributed by atoms with van der Waals surface area (Å²) < 4.78 is 10.6. The zero-order chi connectivity index (χ0) is 19.0. The van der Waals surface area contributed by atoms with E-state index in [1.807, 2.05) is 0 Å². The Kier molecular flexibility index (Phi) is 4.89. The predicted octanol–water partition coefficient (Wildman–Crippen LogP) is 3.17. The number of anilines is 1. The lowest BCUT2D eigenvalue weighted by molar-refractivity contribution is -0.145. The molecule has 5 atom stereocenters. The molecule has 1 saturated heterocycles. The summed E-state index contributed by atoms with van der Waals surface area (Å²) in [4.78, 5) is 36.8. The van der Waals surface area contributed by atoms with Crippen molar-refractivity contribution in [1.29, 1.82) is 0 Å². The van der Waals surface area contributed by atoms with Gasteiger partial charge in [-0.25, -0.2) is 4.79 Å². The van der Waals surface area contributed by atoms with Gasteiger partial charge in [-0.2, -0.15) is 0 Å². The van der Waals surface area contributed by atoms with E-state index < -0.39 is 0 Å². The highest BCUT2D eigenvalue weighted by atomic mass is 16.6. The maximum atomic E-state index is 12.7. The molecule has 1 aromatic rings. The van der Waals surface area contributed by atoms with Crippen molar-refractivity contribution < 1.29 is 23.9 Å². The van der Waals surface area contributed by atoms with E-state index in [1.54, 1.807) is 24.3 Å². The molecule has 3 aliphatic rings. The first-order chi connectivity index (χ1) is 13.1. The fraction of sp³-hybridized carbons (Fsp3) is 0.571. The number of carbonyl (C=O) groups is 3. The van der Waals surface area contributed by atoms with E-state index in [-0.39, 0.29) is 47.6 Å². The molecule has 0 aromatic heterocycles. The van der Waals surface area contributed by atoms with Crippen LogP contribution in [0.2, 0.25) is 0 Å². The molecule has 2 aliphatic carbocycles. The molecule has 0 spiro atoms. The van der Waals surface area contributed by atoms with Crippen LogP contribution in [0.5, 0.6) is 0 Å². The third-order valence-corrected chi connectivity index (χ3v) is 6.16. The predicted molar refractivity (Wildman–Crippen MR) is 98.0 cm³/mol. The van der Waals surface area contributed by atoms with Gasteiger partial charge in [0, 0.05) is 11.6 Å². The summed E-state index contributed by atoms with van der Waals surface area (Å²) in [6.45, 7) is 2.52. The number of benzene rings is 1. The molecule has 3 fully saturated rings. The Hall–Kier alpha value is -2.37. The van der Waals surface area contributed by atoms with Gasteiger partial charge in [-0.05, 0) is 49.4 Å². The molecule has 1 aromatic carbocycles. The fourth-order valence-corrected chi connectivity index (χ4v) is 4.88. The molecule has 1 aliphatic heterocycles. The molecule has 1 amide bonds. The number of rotatable bonds is 7. The minimum absolute atomic E-state index is 0.0270. The SMILES string of the molecule is CCCCCOC(=O)c1ccc(NC(=O)[C@H]2[C@H]3C[C@@H]4[C@@H]2C(=O)O[C@@H]4C3)cc1. The van der Waals surface area contributed by atoms with Crippen LogP contribution in [-0.2, 0) is 19.1 Å². The lowest BCUT2D eigenvalue weighted by atomic mass is 9.79. The normalized spacial score (nSPS) is 30.3. The lowest BCUT2D eigenvalue weighted by Crippen LogP contribution is -2.35. The second-order valence-electron chi connectivity index (χ2n) is 7.83. The number of fused-ring (bicyclic) bond motifs is 1. The van der Waals surface area contributed by atoms with Crippen molar-refractivity contribution in [2.45, 2.75) is 45.1 Å². The van der Waals surface area contributed by atoms with Crippen molar-refractivity contribution in [1.82, 2.24) is 0 Å². The van der Waals surface area contributed by atoms with E-state index >= 15 is 0 Å². The second-order valence-corrected chi connectivity index (χ2v) is 7.83. The van der Waals surface area contributed by atoms with Crippen LogP contribution in [0.4, 0.5) is 5.69 Å². The van der Waals surface area contributed by atoms with Crippen molar-refractivity contribution >= 4 is 23.5 Å². The van der Waals surface area contributed by atoms with Gasteiger partial charge in [0.05, 0.1) is 24.0 Å². The molecule has 0 radical (unpaired) electrons. The third-order valence-electron chi connectivity index (χ3n) is 6.16. The van der Waals surface area contributed by atoms with E-state index in [4.69, 9.17) is 9.47 Å². The van der Waals surface area contributed by atoms with Gasteiger partial charge >= 0.3 is 11.9 Å². The van der Waals surface area contributed by atoms with Gasteiger partial charge in [0.1, 0.15) is 6.10 Å². The van der Waals surface area contributed by atoms with Crippen LogP contribution >= 0.6 is 0 Å². The van der Waals surface area contributed by atoms with Crippen LogP contribution in [0.3, 0.4) is 0 Å². The van der Waals surface area contributed by atoms with Crippen LogP contribution in [0.15, 0.2) is 24.3 Å². The summed E-state index contributed by atoms with van der Waals surface area (Å²) in [6, 6.07) is 6.70. The van der Waals surface area contributed by atoms with Crippen LogP contribution < -0.4 is 5.32 Å². The fourth-order valence-electron chi connectivity index (χ4n) is 4.88. The first-order valence-electron chi connectivity index (χ1n) is 9.87. The number of nitrogens with one attached hydrogen (secondary N) is 1. The largest absolute Gasteiger partial charge is 0.462 e. The van der Waals surface area contributed by atoms with Crippen molar-refractivity contribution in [3.05, 3.63) is 29.8 Å². The molecule has 4 rings (SSSR count). The lowest BCUT2D eigenvalue weighted by Gasteiger charge is -2.23. The first-order valence-corrected chi connectivity index (χ1v) is 9.87. The summed E-state index contributed by atoms with van der Waals surface area (Å²) in [6.07, 6.45) is 4.71. The zero-order valence-electron chi connectivity index (χ0n) is 15.5. The number of esters is 2. The first kappa shape index (κ1) is 18.0. The van der Waals surface area contributed by atoms with Crippen molar-refractivity contribution in [2.75, 3.05) is 11.9 Å². The van der Waals surface area contributed by atoms with E-state index in [0.29, 0.717) is 17.9 Å². The van der Waals surface area contributed by atoms with Crippen molar-refractivity contribution in [3.8, 4) is 0 Å². The summed E-state index contributed by atoms with van der Waals surface area (Å²) in [5.41, 5.74) is 1.08. The molecule has 2 saturated carbocycles. The summed E-state index contributed by atoms with van der Waals surface area (Å²) >= 11 is 0. The standard InChI is InChI=1S/C21H25NO5/c1-2-3-4-9-26-20(24)12-5-7-14(8-6-12)22-19(23)17-13-10-15-16(11-13)27-21(25)18(15)17/h5-8,13,15-18H,2-4,9-11H2,1H3,(H,22,23)/t13-,15-,16+,17-,18-/m0/s1. The average molecular weight is 371 g/mol. The smallest absolute Gasteiger partial charge is 0.338 e. The number of ether oxygens (including phenoxy) is 2. The molecule has 144 valence electrons. The third kappa shape index (κ3) is 3.33. The molecule has 0 unspecified atom stereocenters. The highest BCUT2D eigenvalue weighted by molar-refractivity contribution is 5.97. The van der Waals surface area contributed by atoms with Crippen LogP contribution in [0, 0.1) is 23.7 Å². The monoisotopic (exact) mass is 371 g/mol. The molecule has 2 bridgehead atoms. The Balaban J connectivity index is 1.34. The number of carbonyl (C=O) groups excluding carboxylic acids is 3. The van der Waals surface area contributed by atoms with Gasteiger partial charge in [0.2, 0.25) is 5.91 Å². The Labute approximate surface area is 158 Å². The number of hydrogen-bond donors (Lipinski definition) is 1. The molecule has 1 N–H and O–H groups in total. The van der Waals surface area contributed by atoms with Crippen molar-refractivity contribution in [2.24, 2.45) is 23.7 Å². The van der Waals surface area contributed by atoms with Gasteiger partial charge < -0.3 is 14.8 Å². The van der Waals surface area contributed by atoms with E-state index in [0.717, 1.165) is 32.1 Å². The summed E-state index contributed by atoms with van der Waals surface area (Å²) in [5.74, 6) is -0.838. The summed E-state index contributed by atoms with van der Waals surface area (Å²) in [5, 5.41) is 2.90. The quantitative estimate of drug-likeness (QED) is 0.588. The van der Waals surface area contributed by atoms with Crippen LogP contribution in [-0.4, -0.2) is 30.6 Å². The summed E-state index contributed by atoms with van der Waals surface area (Å²) in [7, 11) is 0. The van der Waals surface area contributed by atoms with Gasteiger partial charge in [-0.3, -0.25) is 9.59 Å². The van der Waals surface area contributed by atoms with Gasteiger partial charge in [-0.1, -0.05) is 19.8 Å². The van der Waals surface area contributed by atoms with Gasteiger partial charge in [0.25, 0.3) is 0 Å². The zero-order valence-corrected chi connectivity index (χ0v) is 15.5. The topological polar surface area (TPSA) is 81.7 Å². The molecule has 6 nitrogen and oxygen atoms in total. The van der Waals surface area contributed by atoms with Crippen LogP contribution in [0.1, 0.15) is 49.4 Å².